The van der Waals surface area contributed by atoms with Gasteiger partial charge in [-0.25, -0.2) is 0 Å². The summed E-state index contributed by atoms with van der Waals surface area (Å²) in [6.45, 7) is 2.40. The summed E-state index contributed by atoms with van der Waals surface area (Å²) in [4.78, 5) is 13.4. The van der Waals surface area contributed by atoms with Crippen LogP contribution in [-0.2, 0) is 20.1 Å². The Bertz CT molecular complexity index is 585. The molecule has 0 saturated carbocycles. The van der Waals surface area contributed by atoms with Crippen LogP contribution in [0.15, 0.2) is 16.9 Å². The van der Waals surface area contributed by atoms with Crippen molar-refractivity contribution in [3.63, 3.8) is 0 Å². The first kappa shape index (κ1) is 11.5. The zero-order valence-corrected chi connectivity index (χ0v) is 9.79. The summed E-state index contributed by atoms with van der Waals surface area (Å²) in [5.74, 6) is 0.506. The zero-order valence-electron chi connectivity index (χ0n) is 9.79. The van der Waals surface area contributed by atoms with Crippen LogP contribution in [0.4, 0.5) is 0 Å². The maximum atomic E-state index is 12.0. The summed E-state index contributed by atoms with van der Waals surface area (Å²) < 4.78 is 1.60. The molecule has 2 N–H and O–H groups in total. The smallest absolute Gasteiger partial charge is 0.255 e. The van der Waals surface area contributed by atoms with Gasteiger partial charge in [-0.1, -0.05) is 6.07 Å². The van der Waals surface area contributed by atoms with E-state index in [2.05, 4.69) is 15.4 Å². The number of pyridine rings is 1. The molecule has 0 aliphatic heterocycles. The van der Waals surface area contributed by atoms with E-state index in [-0.39, 0.29) is 12.1 Å². The summed E-state index contributed by atoms with van der Waals surface area (Å²) in [7, 11) is 1.68. The van der Waals surface area contributed by atoms with E-state index >= 15 is 0 Å². The van der Waals surface area contributed by atoms with E-state index in [0.717, 1.165) is 5.69 Å². The zero-order chi connectivity index (χ0) is 12.4. The molecular weight excluding hydrogens is 220 g/mol. The number of tetrazole rings is 1. The van der Waals surface area contributed by atoms with Crippen LogP contribution < -0.4 is 11.3 Å². The van der Waals surface area contributed by atoms with Gasteiger partial charge in [0.25, 0.3) is 5.56 Å². The molecule has 7 nitrogen and oxygen atoms in total. The monoisotopic (exact) mass is 234 g/mol. The first-order chi connectivity index (χ1) is 8.11. The summed E-state index contributed by atoms with van der Waals surface area (Å²) in [5.41, 5.74) is 6.84. The van der Waals surface area contributed by atoms with Crippen molar-refractivity contribution in [1.82, 2.24) is 24.8 Å². The van der Waals surface area contributed by atoms with Crippen molar-refractivity contribution in [2.75, 3.05) is 0 Å². The SMILES string of the molecule is Cc1ccc(CN)c(=O)n1Cc1nnn(C)n1. The fourth-order valence-electron chi connectivity index (χ4n) is 1.60. The third-order valence-electron chi connectivity index (χ3n) is 2.54. The van der Waals surface area contributed by atoms with Crippen LogP contribution in [0.2, 0.25) is 0 Å². The van der Waals surface area contributed by atoms with E-state index in [9.17, 15) is 4.79 Å². The lowest BCUT2D eigenvalue weighted by molar-refractivity contribution is 0.622. The summed E-state index contributed by atoms with van der Waals surface area (Å²) in [6.07, 6.45) is 0. The molecule has 0 amide bonds. The van der Waals surface area contributed by atoms with Gasteiger partial charge >= 0.3 is 0 Å². The van der Waals surface area contributed by atoms with Gasteiger partial charge in [0.1, 0.15) is 0 Å². The van der Waals surface area contributed by atoms with Crippen LogP contribution >= 0.6 is 0 Å². The van der Waals surface area contributed by atoms with Gasteiger partial charge in [-0.15, -0.1) is 10.2 Å². The van der Waals surface area contributed by atoms with E-state index in [1.807, 2.05) is 13.0 Å². The molecule has 2 heterocycles. The second-order valence-corrected chi connectivity index (χ2v) is 3.79. The number of hydrogen-bond acceptors (Lipinski definition) is 5. The number of hydrogen-bond donors (Lipinski definition) is 1. The van der Waals surface area contributed by atoms with Crippen LogP contribution in [0.25, 0.3) is 0 Å². The van der Waals surface area contributed by atoms with Gasteiger partial charge in [0.2, 0.25) is 0 Å². The van der Waals surface area contributed by atoms with E-state index in [1.165, 1.54) is 4.80 Å². The van der Waals surface area contributed by atoms with Crippen LogP contribution in [0.5, 0.6) is 0 Å². The Morgan fingerprint density at radius 3 is 2.76 bits per heavy atom. The predicted octanol–water partition coefficient (Wildman–Crippen LogP) is -0.813. The number of aromatic nitrogens is 5. The molecular formula is C10H14N6O. The number of nitrogens with two attached hydrogens (primary N) is 1. The van der Waals surface area contributed by atoms with Crippen molar-refractivity contribution in [2.45, 2.75) is 20.0 Å². The third kappa shape index (κ3) is 2.23. The molecule has 90 valence electrons. The third-order valence-corrected chi connectivity index (χ3v) is 2.54. The lowest BCUT2D eigenvalue weighted by Gasteiger charge is -2.08. The molecule has 0 aliphatic carbocycles. The van der Waals surface area contributed by atoms with Gasteiger partial charge in [-0.2, -0.15) is 4.80 Å². The van der Waals surface area contributed by atoms with Gasteiger partial charge in [0, 0.05) is 17.8 Å². The molecule has 17 heavy (non-hydrogen) atoms. The van der Waals surface area contributed by atoms with Crippen LogP contribution in [-0.4, -0.2) is 24.8 Å². The maximum Gasteiger partial charge on any atom is 0.255 e. The van der Waals surface area contributed by atoms with Crippen LogP contribution in [0, 0.1) is 6.92 Å². The molecule has 7 heteroatoms. The normalized spacial score (nSPS) is 10.8. The standard InChI is InChI=1S/C10H14N6O/c1-7-3-4-8(5-11)10(17)16(7)6-9-12-14-15(2)13-9/h3-4H,5-6,11H2,1-2H3. The molecule has 2 rings (SSSR count). The fourth-order valence-corrected chi connectivity index (χ4v) is 1.60. The molecule has 0 unspecified atom stereocenters. The Hall–Kier alpha value is -2.02. The van der Waals surface area contributed by atoms with Crippen molar-refractivity contribution in [3.8, 4) is 0 Å². The quantitative estimate of drug-likeness (QED) is 0.749. The predicted molar refractivity (Wildman–Crippen MR) is 61.2 cm³/mol. The van der Waals surface area contributed by atoms with Crippen molar-refractivity contribution in [3.05, 3.63) is 39.6 Å². The van der Waals surface area contributed by atoms with E-state index in [1.54, 1.807) is 17.7 Å². The Morgan fingerprint density at radius 1 is 1.41 bits per heavy atom. The number of nitrogens with zero attached hydrogens (tertiary/aromatic N) is 5. The molecule has 0 aliphatic rings. The largest absolute Gasteiger partial charge is 0.326 e. The van der Waals surface area contributed by atoms with E-state index in [0.29, 0.717) is 17.9 Å². The molecule has 2 aromatic rings. The van der Waals surface area contributed by atoms with Crippen LogP contribution in [0.3, 0.4) is 0 Å². The summed E-state index contributed by atoms with van der Waals surface area (Å²) >= 11 is 0. The topological polar surface area (TPSA) is 91.6 Å². The Balaban J connectivity index is 2.41. The van der Waals surface area contributed by atoms with Crippen molar-refractivity contribution >= 4 is 0 Å². The Kier molecular flexibility index (Phi) is 3.01. The van der Waals surface area contributed by atoms with Gasteiger partial charge in [0.15, 0.2) is 5.82 Å². The molecule has 0 radical (unpaired) electrons. The average molecular weight is 234 g/mol. The lowest BCUT2D eigenvalue weighted by Crippen LogP contribution is -2.27. The Labute approximate surface area is 97.9 Å². The molecule has 0 aromatic carbocycles. The van der Waals surface area contributed by atoms with E-state index in [4.69, 9.17) is 5.73 Å². The minimum absolute atomic E-state index is 0.0973. The first-order valence-corrected chi connectivity index (χ1v) is 5.24. The Morgan fingerprint density at radius 2 is 2.18 bits per heavy atom. The molecule has 0 fully saturated rings. The second-order valence-electron chi connectivity index (χ2n) is 3.79. The molecule has 0 bridgehead atoms. The molecule has 0 atom stereocenters. The van der Waals surface area contributed by atoms with Crippen molar-refractivity contribution < 1.29 is 0 Å². The second kappa shape index (κ2) is 4.46. The summed E-state index contributed by atoms with van der Waals surface area (Å²) in [6, 6.07) is 3.61. The number of rotatable bonds is 3. The molecule has 0 saturated heterocycles. The van der Waals surface area contributed by atoms with Crippen molar-refractivity contribution in [2.24, 2.45) is 12.8 Å². The lowest BCUT2D eigenvalue weighted by atomic mass is 10.2. The highest BCUT2D eigenvalue weighted by Gasteiger charge is 2.08. The van der Waals surface area contributed by atoms with Gasteiger partial charge in [-0.3, -0.25) is 4.79 Å². The molecule has 2 aromatic heterocycles. The van der Waals surface area contributed by atoms with Gasteiger partial charge < -0.3 is 10.3 Å². The first-order valence-electron chi connectivity index (χ1n) is 5.24. The highest BCUT2D eigenvalue weighted by molar-refractivity contribution is 5.15. The summed E-state index contributed by atoms with van der Waals surface area (Å²) in [5, 5.41) is 11.6. The molecule has 0 spiro atoms. The minimum Gasteiger partial charge on any atom is -0.326 e. The maximum absolute atomic E-state index is 12.0. The van der Waals surface area contributed by atoms with Crippen molar-refractivity contribution in [1.29, 1.82) is 0 Å². The highest BCUT2D eigenvalue weighted by atomic mass is 16.1. The van der Waals surface area contributed by atoms with Gasteiger partial charge in [0.05, 0.1) is 13.6 Å². The highest BCUT2D eigenvalue weighted by Crippen LogP contribution is 2.00. The van der Waals surface area contributed by atoms with E-state index < -0.39 is 0 Å². The van der Waals surface area contributed by atoms with Gasteiger partial charge in [-0.05, 0) is 18.2 Å². The number of aryl methyl sites for hydroxylation is 2. The average Bonchev–Trinajstić information content (AvgIpc) is 2.70. The minimum atomic E-state index is -0.0973. The fraction of sp³-hybridized carbons (Fsp3) is 0.400. The van der Waals surface area contributed by atoms with Crippen LogP contribution in [0.1, 0.15) is 17.1 Å².